The van der Waals surface area contributed by atoms with Crippen molar-refractivity contribution in [2.45, 2.75) is 71.8 Å². The molecule has 0 bridgehead atoms. The Hall–Kier alpha value is -1.51. The van der Waals surface area contributed by atoms with Gasteiger partial charge >= 0.3 is 5.97 Å². The van der Waals surface area contributed by atoms with Gasteiger partial charge in [-0.3, -0.25) is 4.79 Å². The molecule has 0 aromatic heterocycles. The minimum atomic E-state index is -0.165. The predicted octanol–water partition coefficient (Wildman–Crippen LogP) is 4.82. The van der Waals surface area contributed by atoms with Crippen LogP contribution < -0.4 is 0 Å². The van der Waals surface area contributed by atoms with Gasteiger partial charge in [0, 0.05) is 12.3 Å². The summed E-state index contributed by atoms with van der Waals surface area (Å²) in [5, 5.41) is 9.76. The largest absolute Gasteiger partial charge is 0.508 e. The third-order valence-electron chi connectivity index (χ3n) is 6.88. The molecule has 24 heavy (non-hydrogen) atoms. The van der Waals surface area contributed by atoms with E-state index < -0.39 is 0 Å². The molecule has 0 aliphatic heterocycles. The smallest absolute Gasteiger partial charge is 0.302 e. The van der Waals surface area contributed by atoms with Crippen molar-refractivity contribution in [3.8, 4) is 5.75 Å². The Balaban J connectivity index is 1.87. The number of carbonyl (C=O) groups is 1. The van der Waals surface area contributed by atoms with Crippen LogP contribution in [0.3, 0.4) is 0 Å². The van der Waals surface area contributed by atoms with Crippen molar-refractivity contribution in [3.63, 3.8) is 0 Å². The summed E-state index contributed by atoms with van der Waals surface area (Å²) in [5.41, 5.74) is 2.80. The van der Waals surface area contributed by atoms with Gasteiger partial charge in [0.2, 0.25) is 0 Å². The quantitative estimate of drug-likeness (QED) is 0.809. The Kier molecular flexibility index (Phi) is 4.63. The molecule has 3 heteroatoms. The lowest BCUT2D eigenvalue weighted by atomic mass is 9.53. The van der Waals surface area contributed by atoms with E-state index in [0.717, 1.165) is 32.1 Å². The average molecular weight is 330 g/mol. The van der Waals surface area contributed by atoms with Crippen LogP contribution in [0.5, 0.6) is 5.75 Å². The molecule has 5 atom stereocenters. The summed E-state index contributed by atoms with van der Waals surface area (Å²) >= 11 is 0. The van der Waals surface area contributed by atoms with Gasteiger partial charge in [0.1, 0.15) is 11.9 Å². The highest BCUT2D eigenvalue weighted by molar-refractivity contribution is 5.66. The molecule has 1 fully saturated rings. The Labute approximate surface area is 145 Å². The first-order valence-electron chi connectivity index (χ1n) is 9.35. The fourth-order valence-electron chi connectivity index (χ4n) is 5.41. The molecule has 3 rings (SSSR count). The molecule has 0 amide bonds. The monoisotopic (exact) mass is 330 g/mol. The van der Waals surface area contributed by atoms with Crippen LogP contribution in [0.25, 0.3) is 0 Å². The molecule has 132 valence electrons. The van der Waals surface area contributed by atoms with E-state index in [0.29, 0.717) is 23.5 Å². The van der Waals surface area contributed by atoms with Crippen molar-refractivity contribution in [1.29, 1.82) is 0 Å². The Morgan fingerprint density at radius 2 is 2.17 bits per heavy atom. The fraction of sp³-hybridized carbons (Fsp3) is 0.667. The summed E-state index contributed by atoms with van der Waals surface area (Å²) in [7, 11) is 0. The van der Waals surface area contributed by atoms with Gasteiger partial charge in [0.15, 0.2) is 0 Å². The maximum absolute atomic E-state index is 11.5. The molecular formula is C21H30O3. The van der Waals surface area contributed by atoms with Crippen LogP contribution in [0.4, 0.5) is 0 Å². The molecular weight excluding hydrogens is 300 g/mol. The summed E-state index contributed by atoms with van der Waals surface area (Å²) in [5.74, 6) is 1.93. The highest BCUT2D eigenvalue weighted by Gasteiger charge is 2.50. The minimum absolute atomic E-state index is 0.00663. The number of phenols is 1. The minimum Gasteiger partial charge on any atom is -0.508 e. The summed E-state index contributed by atoms with van der Waals surface area (Å²) < 4.78 is 5.71. The highest BCUT2D eigenvalue weighted by Crippen LogP contribution is 2.56. The molecule has 2 aliphatic carbocycles. The lowest BCUT2D eigenvalue weighted by Gasteiger charge is -2.53. The summed E-state index contributed by atoms with van der Waals surface area (Å²) in [6.45, 7) is 8.31. The van der Waals surface area contributed by atoms with E-state index in [-0.39, 0.29) is 17.5 Å². The van der Waals surface area contributed by atoms with Crippen LogP contribution >= 0.6 is 0 Å². The van der Waals surface area contributed by atoms with Crippen molar-refractivity contribution in [2.75, 3.05) is 0 Å². The van der Waals surface area contributed by atoms with E-state index in [1.807, 2.05) is 12.1 Å². The van der Waals surface area contributed by atoms with Crippen molar-refractivity contribution in [3.05, 3.63) is 29.3 Å². The molecule has 0 radical (unpaired) electrons. The first-order chi connectivity index (χ1) is 11.4. The highest BCUT2D eigenvalue weighted by atomic mass is 16.5. The molecule has 1 aromatic carbocycles. The van der Waals surface area contributed by atoms with Crippen LogP contribution in [0.15, 0.2) is 18.2 Å². The van der Waals surface area contributed by atoms with Crippen LogP contribution in [0, 0.1) is 17.3 Å². The van der Waals surface area contributed by atoms with Crippen LogP contribution in [-0.2, 0) is 16.0 Å². The number of rotatable bonds is 3. The van der Waals surface area contributed by atoms with E-state index in [1.54, 1.807) is 0 Å². The van der Waals surface area contributed by atoms with Crippen LogP contribution in [0.1, 0.15) is 70.4 Å². The second-order valence-corrected chi connectivity index (χ2v) is 8.03. The third kappa shape index (κ3) is 2.82. The lowest BCUT2D eigenvalue weighted by molar-refractivity contribution is -0.160. The second-order valence-electron chi connectivity index (χ2n) is 8.03. The summed E-state index contributed by atoms with van der Waals surface area (Å²) in [4.78, 5) is 11.5. The molecule has 0 heterocycles. The SMILES string of the molecule is CCC(OC(C)=O)C1(C)CCC2c3ccc(O)cc3CCC2C1C. The number of esters is 1. The van der Waals surface area contributed by atoms with Crippen molar-refractivity contribution < 1.29 is 14.6 Å². The average Bonchev–Trinajstić information content (AvgIpc) is 2.55. The van der Waals surface area contributed by atoms with Gasteiger partial charge in [-0.2, -0.15) is 0 Å². The van der Waals surface area contributed by atoms with Gasteiger partial charge in [-0.05, 0) is 73.1 Å². The zero-order valence-electron chi connectivity index (χ0n) is 15.3. The number of carbonyl (C=O) groups excluding carboxylic acids is 1. The number of hydrogen-bond donors (Lipinski definition) is 1. The van der Waals surface area contributed by atoms with E-state index >= 15 is 0 Å². The van der Waals surface area contributed by atoms with Crippen molar-refractivity contribution >= 4 is 5.97 Å². The Morgan fingerprint density at radius 1 is 1.42 bits per heavy atom. The first kappa shape index (κ1) is 17.3. The lowest BCUT2D eigenvalue weighted by Crippen LogP contribution is -2.48. The first-order valence-corrected chi connectivity index (χ1v) is 9.35. The number of aryl methyl sites for hydroxylation is 1. The zero-order chi connectivity index (χ0) is 17.5. The maximum atomic E-state index is 11.5. The van der Waals surface area contributed by atoms with Gasteiger partial charge in [-0.25, -0.2) is 0 Å². The molecule has 2 aliphatic rings. The molecule has 1 saturated carbocycles. The number of phenolic OH excluding ortho intramolecular Hbond substituents is 1. The van der Waals surface area contributed by atoms with Crippen molar-refractivity contribution in [1.82, 2.24) is 0 Å². The normalized spacial score (nSPS) is 33.2. The fourth-order valence-corrected chi connectivity index (χ4v) is 5.41. The molecule has 1 aromatic rings. The van der Waals surface area contributed by atoms with Crippen LogP contribution in [-0.4, -0.2) is 17.2 Å². The predicted molar refractivity (Wildman–Crippen MR) is 95.0 cm³/mol. The number of benzene rings is 1. The van der Waals surface area contributed by atoms with Gasteiger partial charge < -0.3 is 9.84 Å². The summed E-state index contributed by atoms with van der Waals surface area (Å²) in [6, 6.07) is 5.89. The third-order valence-corrected chi connectivity index (χ3v) is 6.88. The number of hydrogen-bond acceptors (Lipinski definition) is 3. The number of aromatic hydroxyl groups is 1. The Bertz CT molecular complexity index is 624. The molecule has 0 spiro atoms. The van der Waals surface area contributed by atoms with E-state index in [4.69, 9.17) is 4.74 Å². The number of ether oxygens (including phenoxy) is 1. The second kappa shape index (κ2) is 6.42. The Morgan fingerprint density at radius 3 is 2.83 bits per heavy atom. The van der Waals surface area contributed by atoms with Crippen LogP contribution in [0.2, 0.25) is 0 Å². The van der Waals surface area contributed by atoms with Gasteiger partial charge in [0.05, 0.1) is 0 Å². The molecule has 1 N–H and O–H groups in total. The standard InChI is InChI=1S/C21H30O3/c1-5-20(24-14(3)22)21(4)11-10-19-17(13(21)2)8-6-15-12-16(23)7-9-18(15)19/h7,9,12-13,17,19-20,23H,5-6,8,10-11H2,1-4H3. The van der Waals surface area contributed by atoms with Gasteiger partial charge in [0.25, 0.3) is 0 Å². The molecule has 3 nitrogen and oxygen atoms in total. The van der Waals surface area contributed by atoms with E-state index in [1.165, 1.54) is 18.1 Å². The maximum Gasteiger partial charge on any atom is 0.302 e. The van der Waals surface area contributed by atoms with Crippen molar-refractivity contribution in [2.24, 2.45) is 17.3 Å². The molecule has 0 saturated heterocycles. The topological polar surface area (TPSA) is 46.5 Å². The van der Waals surface area contributed by atoms with Gasteiger partial charge in [-0.15, -0.1) is 0 Å². The molecule has 5 unspecified atom stereocenters. The summed E-state index contributed by atoms with van der Waals surface area (Å²) in [6.07, 6.45) is 5.31. The zero-order valence-corrected chi connectivity index (χ0v) is 15.3. The van der Waals surface area contributed by atoms with Gasteiger partial charge in [-0.1, -0.05) is 26.8 Å². The van der Waals surface area contributed by atoms with E-state index in [9.17, 15) is 9.90 Å². The number of fused-ring (bicyclic) bond motifs is 3. The van der Waals surface area contributed by atoms with E-state index in [2.05, 4.69) is 26.8 Å².